The Kier molecular flexibility index (Phi) is 10.9. The number of aldehydes is 1. The fraction of sp³-hybridized carbons (Fsp3) is 0.500. The molecule has 1 heterocycles. The molecule has 1 saturated carbocycles. The maximum Gasteiger partial charge on any atom is 0.415 e. The number of hydrogen-bond acceptors (Lipinski definition) is 5. The van der Waals surface area contributed by atoms with E-state index in [0.29, 0.717) is 41.5 Å². The monoisotopic (exact) mass is 615 g/mol. The lowest BCUT2D eigenvalue weighted by Crippen LogP contribution is -2.56. The van der Waals surface area contributed by atoms with E-state index in [4.69, 9.17) is 27.9 Å². The van der Waals surface area contributed by atoms with E-state index in [2.05, 4.69) is 10.6 Å². The number of ether oxygens (including phenoxy) is 1. The van der Waals surface area contributed by atoms with Crippen molar-refractivity contribution >= 4 is 47.4 Å². The lowest BCUT2D eigenvalue weighted by Gasteiger charge is -2.39. The molecule has 10 heteroatoms. The van der Waals surface area contributed by atoms with E-state index in [1.165, 1.54) is 4.90 Å². The number of nitrogens with one attached hydrogen (secondary N) is 2. The highest BCUT2D eigenvalue weighted by Crippen LogP contribution is 2.43. The normalized spacial score (nSPS) is 19.2. The minimum Gasteiger partial charge on any atom is -0.410 e. The van der Waals surface area contributed by atoms with E-state index in [1.807, 2.05) is 38.1 Å². The average molecular weight is 617 g/mol. The van der Waals surface area contributed by atoms with Gasteiger partial charge in [-0.2, -0.15) is 0 Å². The van der Waals surface area contributed by atoms with Crippen molar-refractivity contribution in [2.75, 3.05) is 13.1 Å². The number of benzene rings is 2. The summed E-state index contributed by atoms with van der Waals surface area (Å²) in [6.45, 7) is 4.74. The Morgan fingerprint density at radius 1 is 1.12 bits per heavy atom. The number of carbonyl (C=O) groups is 4. The minimum absolute atomic E-state index is 0.0487. The van der Waals surface area contributed by atoms with Crippen LogP contribution in [-0.2, 0) is 19.8 Å². The zero-order chi connectivity index (χ0) is 30.3. The average Bonchev–Trinajstić information content (AvgIpc) is 3.60. The molecule has 0 spiro atoms. The van der Waals surface area contributed by atoms with Crippen molar-refractivity contribution in [2.45, 2.75) is 76.3 Å². The smallest absolute Gasteiger partial charge is 0.410 e. The highest BCUT2D eigenvalue weighted by Gasteiger charge is 2.43. The standard InChI is InChI=1S/C32H39Cl2N3O5/c1-21(2)16-28(30(40)36-26(19-38)17-22-12-15-35-29(22)39)37(31(41)42-27-10-8-24(33)9-11-27)20-32(13-3-4-14-32)23-6-5-7-25(34)18-23/h5-11,18-19,21-22,26,28H,3-4,12-17,20H2,1-2H3,(H,35,39)(H,36,40). The molecule has 3 unspecified atom stereocenters. The van der Waals surface area contributed by atoms with Crippen LogP contribution in [0, 0.1) is 11.8 Å². The Morgan fingerprint density at radius 3 is 2.43 bits per heavy atom. The zero-order valence-electron chi connectivity index (χ0n) is 24.1. The highest BCUT2D eigenvalue weighted by atomic mass is 35.5. The van der Waals surface area contributed by atoms with E-state index in [9.17, 15) is 19.2 Å². The van der Waals surface area contributed by atoms with Gasteiger partial charge in [-0.1, -0.05) is 62.0 Å². The van der Waals surface area contributed by atoms with E-state index in [1.54, 1.807) is 24.3 Å². The molecule has 226 valence electrons. The molecule has 2 aromatic rings. The van der Waals surface area contributed by atoms with Crippen molar-refractivity contribution in [3.05, 3.63) is 64.1 Å². The lowest BCUT2D eigenvalue weighted by atomic mass is 9.78. The van der Waals surface area contributed by atoms with Crippen molar-refractivity contribution < 1.29 is 23.9 Å². The minimum atomic E-state index is -0.915. The predicted octanol–water partition coefficient (Wildman–Crippen LogP) is 5.93. The molecule has 8 nitrogen and oxygen atoms in total. The Morgan fingerprint density at radius 2 is 1.83 bits per heavy atom. The quantitative estimate of drug-likeness (QED) is 0.288. The van der Waals surface area contributed by atoms with Gasteiger partial charge in [0.1, 0.15) is 18.1 Å². The van der Waals surface area contributed by atoms with Crippen LogP contribution < -0.4 is 15.4 Å². The van der Waals surface area contributed by atoms with Crippen LogP contribution in [0.1, 0.15) is 64.4 Å². The fourth-order valence-corrected chi connectivity index (χ4v) is 6.44. The maximum atomic E-state index is 14.0. The molecule has 4 rings (SSSR count). The van der Waals surface area contributed by atoms with Gasteiger partial charge in [0.15, 0.2) is 0 Å². The summed E-state index contributed by atoms with van der Waals surface area (Å²) in [5, 5.41) is 6.72. The van der Waals surface area contributed by atoms with Gasteiger partial charge in [-0.25, -0.2) is 4.79 Å². The third kappa shape index (κ3) is 8.04. The summed E-state index contributed by atoms with van der Waals surface area (Å²) in [5.41, 5.74) is 0.587. The van der Waals surface area contributed by atoms with Crippen LogP contribution in [0.5, 0.6) is 5.75 Å². The van der Waals surface area contributed by atoms with Crippen LogP contribution in [0.3, 0.4) is 0 Å². The first kappa shape index (κ1) is 31.8. The fourth-order valence-electron chi connectivity index (χ4n) is 6.12. The van der Waals surface area contributed by atoms with Gasteiger partial charge in [0, 0.05) is 34.5 Å². The van der Waals surface area contributed by atoms with E-state index >= 15 is 0 Å². The summed E-state index contributed by atoms with van der Waals surface area (Å²) in [6.07, 6.45) is 4.76. The molecule has 0 aromatic heterocycles. The lowest BCUT2D eigenvalue weighted by molar-refractivity contribution is -0.130. The number of amides is 3. The molecule has 3 amide bonds. The van der Waals surface area contributed by atoms with Crippen molar-refractivity contribution in [2.24, 2.45) is 11.8 Å². The summed E-state index contributed by atoms with van der Waals surface area (Å²) in [5.74, 6) is -0.564. The van der Waals surface area contributed by atoms with Crippen LogP contribution in [0.4, 0.5) is 4.79 Å². The van der Waals surface area contributed by atoms with E-state index in [0.717, 1.165) is 31.2 Å². The molecule has 0 radical (unpaired) electrons. The maximum absolute atomic E-state index is 14.0. The zero-order valence-corrected chi connectivity index (χ0v) is 25.6. The van der Waals surface area contributed by atoms with Gasteiger partial charge in [-0.15, -0.1) is 0 Å². The summed E-state index contributed by atoms with van der Waals surface area (Å²) in [7, 11) is 0. The van der Waals surface area contributed by atoms with Crippen molar-refractivity contribution in [3.8, 4) is 5.75 Å². The Hall–Kier alpha value is -3.10. The first-order valence-corrected chi connectivity index (χ1v) is 15.4. The molecule has 1 aliphatic heterocycles. The molecule has 42 heavy (non-hydrogen) atoms. The van der Waals surface area contributed by atoms with Crippen LogP contribution in [0.25, 0.3) is 0 Å². The second-order valence-corrected chi connectivity index (χ2v) is 12.7. The SMILES string of the molecule is CC(C)CC(C(=O)NC(C=O)CC1CCNC1=O)N(CC1(c2cccc(Cl)c2)CCCC1)C(=O)Oc1ccc(Cl)cc1. The highest BCUT2D eigenvalue weighted by molar-refractivity contribution is 6.30. The molecular formula is C32H39Cl2N3O5. The van der Waals surface area contributed by atoms with E-state index < -0.39 is 29.5 Å². The Labute approximate surface area is 257 Å². The molecule has 1 saturated heterocycles. The van der Waals surface area contributed by atoms with Gasteiger partial charge in [-0.3, -0.25) is 14.5 Å². The number of nitrogens with zero attached hydrogens (tertiary/aromatic N) is 1. The third-order valence-electron chi connectivity index (χ3n) is 8.29. The molecule has 2 N–H and O–H groups in total. The van der Waals surface area contributed by atoms with Crippen molar-refractivity contribution in [1.82, 2.24) is 15.5 Å². The van der Waals surface area contributed by atoms with Gasteiger partial charge < -0.3 is 20.2 Å². The van der Waals surface area contributed by atoms with Crippen LogP contribution in [0.2, 0.25) is 10.0 Å². The summed E-state index contributed by atoms with van der Waals surface area (Å²) < 4.78 is 5.81. The molecule has 2 aliphatic rings. The summed E-state index contributed by atoms with van der Waals surface area (Å²) in [6, 6.07) is 12.4. The topological polar surface area (TPSA) is 105 Å². The number of rotatable bonds is 12. The predicted molar refractivity (Wildman–Crippen MR) is 163 cm³/mol. The Bertz CT molecular complexity index is 1260. The number of halogens is 2. The molecule has 0 bridgehead atoms. The molecule has 2 aromatic carbocycles. The van der Waals surface area contributed by atoms with Crippen molar-refractivity contribution in [3.63, 3.8) is 0 Å². The van der Waals surface area contributed by atoms with Crippen LogP contribution in [-0.4, -0.2) is 54.3 Å². The second-order valence-electron chi connectivity index (χ2n) is 11.9. The van der Waals surface area contributed by atoms with Gasteiger partial charge >= 0.3 is 6.09 Å². The van der Waals surface area contributed by atoms with Gasteiger partial charge in [0.25, 0.3) is 0 Å². The summed E-state index contributed by atoms with van der Waals surface area (Å²) in [4.78, 5) is 53.6. The molecule has 2 fully saturated rings. The largest absolute Gasteiger partial charge is 0.415 e. The molecule has 3 atom stereocenters. The first-order valence-electron chi connectivity index (χ1n) is 14.6. The summed E-state index contributed by atoms with van der Waals surface area (Å²) >= 11 is 12.4. The Balaban J connectivity index is 1.67. The second kappa shape index (κ2) is 14.4. The third-order valence-corrected chi connectivity index (χ3v) is 8.78. The molecular weight excluding hydrogens is 577 g/mol. The van der Waals surface area contributed by atoms with Gasteiger partial charge in [0.2, 0.25) is 11.8 Å². The van der Waals surface area contributed by atoms with Crippen LogP contribution in [0.15, 0.2) is 48.5 Å². The number of hydrogen-bond donors (Lipinski definition) is 2. The number of carbonyl (C=O) groups excluding carboxylic acids is 4. The first-order chi connectivity index (χ1) is 20.1. The molecule has 1 aliphatic carbocycles. The van der Waals surface area contributed by atoms with Gasteiger partial charge in [-0.05, 0) is 80.0 Å². The van der Waals surface area contributed by atoms with E-state index in [-0.39, 0.29) is 30.7 Å². The van der Waals surface area contributed by atoms with Crippen molar-refractivity contribution in [1.29, 1.82) is 0 Å². The van der Waals surface area contributed by atoms with Gasteiger partial charge in [0.05, 0.1) is 6.04 Å². The van der Waals surface area contributed by atoms with Crippen LogP contribution >= 0.6 is 23.2 Å².